The lowest BCUT2D eigenvalue weighted by molar-refractivity contribution is -0.388. The molecule has 1 unspecified atom stereocenters. The van der Waals surface area contributed by atoms with Gasteiger partial charge in [0.2, 0.25) is 0 Å². The van der Waals surface area contributed by atoms with Crippen LogP contribution in [0.15, 0.2) is 21.8 Å². The molecule has 0 spiro atoms. The summed E-state index contributed by atoms with van der Waals surface area (Å²) in [6.07, 6.45) is 2.60. The molecule has 0 saturated heterocycles. The fraction of sp³-hybridized carbons (Fsp3) is 0.333. The Morgan fingerprint density at radius 1 is 1.71 bits per heavy atom. The van der Waals surface area contributed by atoms with Crippen LogP contribution in [0.4, 0.5) is 5.69 Å². The molecule has 0 radical (unpaired) electrons. The third kappa shape index (κ3) is 3.67. The highest BCUT2D eigenvalue weighted by Gasteiger charge is 2.20. The molecule has 92 valence electrons. The molecule has 0 amide bonds. The number of thioether (sulfide) groups is 1. The molecule has 0 aromatic carbocycles. The Morgan fingerprint density at radius 2 is 2.35 bits per heavy atom. The van der Waals surface area contributed by atoms with Crippen molar-refractivity contribution in [2.45, 2.75) is 11.8 Å². The molecule has 0 fully saturated rings. The highest BCUT2D eigenvalue weighted by molar-refractivity contribution is 9.10. The Bertz CT molecular complexity index is 455. The normalized spacial score (nSPS) is 12.1. The van der Waals surface area contributed by atoms with Crippen LogP contribution < -0.4 is 0 Å². The van der Waals surface area contributed by atoms with E-state index in [0.717, 1.165) is 18.0 Å². The lowest BCUT2D eigenvalue weighted by Gasteiger charge is -2.07. The number of hydrogen-bond acceptors (Lipinski definition) is 5. The summed E-state index contributed by atoms with van der Waals surface area (Å²) in [7, 11) is 0. The maximum Gasteiger partial charge on any atom is 0.307 e. The predicted octanol–water partition coefficient (Wildman–Crippen LogP) is 2.57. The van der Waals surface area contributed by atoms with E-state index in [2.05, 4.69) is 20.9 Å². The summed E-state index contributed by atoms with van der Waals surface area (Å²) in [5, 5.41) is 19.5. The average molecular weight is 321 g/mol. The molecule has 1 rings (SSSR count). The molecule has 1 N–H and O–H groups in total. The third-order valence-electron chi connectivity index (χ3n) is 1.93. The number of pyridine rings is 1. The summed E-state index contributed by atoms with van der Waals surface area (Å²) in [5.41, 5.74) is -0.123. The van der Waals surface area contributed by atoms with Gasteiger partial charge in [0, 0.05) is 11.9 Å². The molecule has 0 bridgehead atoms. The Labute approximate surface area is 110 Å². The van der Waals surface area contributed by atoms with Gasteiger partial charge in [0.25, 0.3) is 0 Å². The molecule has 0 aliphatic carbocycles. The van der Waals surface area contributed by atoms with Crippen molar-refractivity contribution in [1.82, 2.24) is 4.98 Å². The molecule has 1 aromatic heterocycles. The Morgan fingerprint density at radius 3 is 2.88 bits per heavy atom. The largest absolute Gasteiger partial charge is 0.481 e. The van der Waals surface area contributed by atoms with Crippen LogP contribution in [0.5, 0.6) is 0 Å². The zero-order valence-corrected chi connectivity index (χ0v) is 11.2. The minimum absolute atomic E-state index is 0.123. The highest BCUT2D eigenvalue weighted by Crippen LogP contribution is 2.35. The van der Waals surface area contributed by atoms with Crippen molar-refractivity contribution < 1.29 is 14.8 Å². The Hall–Kier alpha value is -1.15. The maximum atomic E-state index is 10.8. The van der Waals surface area contributed by atoms with Crippen LogP contribution in [0, 0.1) is 16.0 Å². The second kappa shape index (κ2) is 5.97. The standard InChI is InChI=1S/C9H9BrN2O4S/c1-5(9(13)14)4-17-8-6(10)2-11-3-7(8)12(15)16/h2-3,5H,4H2,1H3,(H,13,14). The second-order valence-corrected chi connectivity index (χ2v) is 5.16. The van der Waals surface area contributed by atoms with E-state index in [1.165, 1.54) is 6.20 Å². The number of aromatic nitrogens is 1. The molecule has 1 aromatic rings. The first kappa shape index (κ1) is 13.9. The first-order valence-electron chi connectivity index (χ1n) is 4.57. The molecule has 17 heavy (non-hydrogen) atoms. The zero-order valence-electron chi connectivity index (χ0n) is 8.79. The van der Waals surface area contributed by atoms with Gasteiger partial charge in [-0.1, -0.05) is 6.92 Å². The topological polar surface area (TPSA) is 93.3 Å². The zero-order chi connectivity index (χ0) is 13.0. The van der Waals surface area contributed by atoms with Gasteiger partial charge in [0.05, 0.1) is 15.3 Å². The van der Waals surface area contributed by atoms with Gasteiger partial charge in [-0.2, -0.15) is 0 Å². The smallest absolute Gasteiger partial charge is 0.307 e. The molecular weight excluding hydrogens is 312 g/mol. The number of nitro groups is 1. The van der Waals surface area contributed by atoms with Gasteiger partial charge in [0.1, 0.15) is 11.1 Å². The number of carboxylic acid groups (broad SMARTS) is 1. The maximum absolute atomic E-state index is 10.8. The lowest BCUT2D eigenvalue weighted by atomic mass is 10.2. The SMILES string of the molecule is CC(CSc1c(Br)cncc1[N+](=O)[O-])C(=O)O. The van der Waals surface area contributed by atoms with E-state index in [1.54, 1.807) is 6.92 Å². The summed E-state index contributed by atoms with van der Waals surface area (Å²) >= 11 is 4.30. The summed E-state index contributed by atoms with van der Waals surface area (Å²) in [5.74, 6) is -1.23. The van der Waals surface area contributed by atoms with Crippen LogP contribution >= 0.6 is 27.7 Å². The number of hydrogen-bond donors (Lipinski definition) is 1. The van der Waals surface area contributed by atoms with E-state index in [-0.39, 0.29) is 11.4 Å². The van der Waals surface area contributed by atoms with Crippen molar-refractivity contribution in [3.05, 3.63) is 27.0 Å². The van der Waals surface area contributed by atoms with Crippen LogP contribution in [-0.2, 0) is 4.79 Å². The van der Waals surface area contributed by atoms with E-state index in [0.29, 0.717) is 9.37 Å². The van der Waals surface area contributed by atoms with Gasteiger partial charge < -0.3 is 5.11 Å². The van der Waals surface area contributed by atoms with E-state index in [1.807, 2.05) is 0 Å². The van der Waals surface area contributed by atoms with E-state index < -0.39 is 16.8 Å². The number of halogens is 1. The predicted molar refractivity (Wildman–Crippen MR) is 66.1 cm³/mol. The number of carboxylic acids is 1. The van der Waals surface area contributed by atoms with Gasteiger partial charge in [0.15, 0.2) is 0 Å². The Kier molecular flexibility index (Phi) is 4.88. The fourth-order valence-electron chi connectivity index (χ4n) is 0.965. The van der Waals surface area contributed by atoms with Gasteiger partial charge in [-0.15, -0.1) is 11.8 Å². The van der Waals surface area contributed by atoms with Crippen molar-refractivity contribution in [1.29, 1.82) is 0 Å². The van der Waals surface area contributed by atoms with E-state index >= 15 is 0 Å². The minimum atomic E-state index is -0.926. The molecule has 0 saturated carbocycles. The molecule has 0 aliphatic heterocycles. The van der Waals surface area contributed by atoms with Gasteiger partial charge in [-0.3, -0.25) is 19.9 Å². The lowest BCUT2D eigenvalue weighted by Crippen LogP contribution is -2.11. The van der Waals surface area contributed by atoms with Crippen molar-refractivity contribution in [3.63, 3.8) is 0 Å². The second-order valence-electron chi connectivity index (χ2n) is 3.28. The summed E-state index contributed by atoms with van der Waals surface area (Å²) in [6, 6.07) is 0. The van der Waals surface area contributed by atoms with Crippen LogP contribution in [0.2, 0.25) is 0 Å². The Balaban J connectivity index is 2.90. The summed E-state index contributed by atoms with van der Waals surface area (Å²) < 4.78 is 0.495. The number of rotatable bonds is 5. The van der Waals surface area contributed by atoms with Crippen LogP contribution in [0.25, 0.3) is 0 Å². The third-order valence-corrected chi connectivity index (χ3v) is 4.18. The number of nitrogens with zero attached hydrogens (tertiary/aromatic N) is 2. The summed E-state index contributed by atoms with van der Waals surface area (Å²) in [6.45, 7) is 1.55. The van der Waals surface area contributed by atoms with Gasteiger partial charge in [-0.25, -0.2) is 0 Å². The van der Waals surface area contributed by atoms with Gasteiger partial charge in [-0.05, 0) is 15.9 Å². The first-order chi connectivity index (χ1) is 7.93. The molecule has 1 atom stereocenters. The number of carbonyl (C=O) groups is 1. The number of aliphatic carboxylic acids is 1. The monoisotopic (exact) mass is 320 g/mol. The first-order valence-corrected chi connectivity index (χ1v) is 6.34. The van der Waals surface area contributed by atoms with Crippen molar-refractivity contribution >= 4 is 39.3 Å². The van der Waals surface area contributed by atoms with Crippen molar-refractivity contribution in [2.75, 3.05) is 5.75 Å². The fourth-order valence-corrected chi connectivity index (χ4v) is 2.66. The minimum Gasteiger partial charge on any atom is -0.481 e. The average Bonchev–Trinajstić information content (AvgIpc) is 2.26. The van der Waals surface area contributed by atoms with Gasteiger partial charge >= 0.3 is 11.7 Å². The van der Waals surface area contributed by atoms with Crippen molar-refractivity contribution in [2.24, 2.45) is 5.92 Å². The van der Waals surface area contributed by atoms with Crippen molar-refractivity contribution in [3.8, 4) is 0 Å². The van der Waals surface area contributed by atoms with Crippen LogP contribution in [-0.4, -0.2) is 26.7 Å². The van der Waals surface area contributed by atoms with E-state index in [4.69, 9.17) is 5.11 Å². The molecule has 8 heteroatoms. The quantitative estimate of drug-likeness (QED) is 0.509. The molecule has 0 aliphatic rings. The molecule has 1 heterocycles. The molecule has 6 nitrogen and oxygen atoms in total. The highest BCUT2D eigenvalue weighted by atomic mass is 79.9. The molecular formula is C9H9BrN2O4S. The van der Waals surface area contributed by atoms with E-state index in [9.17, 15) is 14.9 Å². The van der Waals surface area contributed by atoms with Crippen LogP contribution in [0.1, 0.15) is 6.92 Å². The van der Waals surface area contributed by atoms with Crippen LogP contribution in [0.3, 0.4) is 0 Å². The summed E-state index contributed by atoms with van der Waals surface area (Å²) in [4.78, 5) is 25.0.